The number of esters is 1. The average molecular weight is 518 g/mol. The van der Waals surface area contributed by atoms with Gasteiger partial charge in [-0.15, -0.1) is 0 Å². The third-order valence-corrected chi connectivity index (χ3v) is 11.1. The van der Waals surface area contributed by atoms with Gasteiger partial charge in [0.25, 0.3) is 0 Å². The van der Waals surface area contributed by atoms with Crippen LogP contribution in [0.5, 0.6) is 0 Å². The van der Waals surface area contributed by atoms with Crippen molar-refractivity contribution in [2.24, 2.45) is 28.6 Å². The van der Waals surface area contributed by atoms with Crippen LogP contribution in [0.15, 0.2) is 42.3 Å². The first-order valence-corrected chi connectivity index (χ1v) is 16.0. The van der Waals surface area contributed by atoms with Gasteiger partial charge in [-0.3, -0.25) is 9.78 Å². The Morgan fingerprint density at radius 2 is 1.71 bits per heavy atom. The summed E-state index contributed by atoms with van der Waals surface area (Å²) < 4.78 is 6.04. The number of nitrogens with zero attached hydrogens (tertiary/aromatic N) is 1. The second-order valence-corrected chi connectivity index (χ2v) is 13.4. The zero-order chi connectivity index (χ0) is 26.6. The van der Waals surface area contributed by atoms with Crippen LogP contribution in [-0.2, 0) is 9.53 Å². The predicted molar refractivity (Wildman–Crippen MR) is 156 cm³/mol. The fraction of sp³-hybridized carbons (Fsp3) is 0.714. The van der Waals surface area contributed by atoms with Crippen molar-refractivity contribution in [3.05, 3.63) is 47.8 Å². The van der Waals surface area contributed by atoms with Crippen LogP contribution < -0.4 is 0 Å². The van der Waals surface area contributed by atoms with Gasteiger partial charge in [0.2, 0.25) is 0 Å². The zero-order valence-corrected chi connectivity index (χ0v) is 24.4. The molecule has 4 aliphatic rings. The van der Waals surface area contributed by atoms with E-state index in [2.05, 4.69) is 56.2 Å². The molecule has 1 aromatic rings. The molecule has 2 fully saturated rings. The van der Waals surface area contributed by atoms with Crippen LogP contribution in [0, 0.1) is 28.6 Å². The highest BCUT2D eigenvalue weighted by Gasteiger charge is 2.57. The molecular formula is C35H51NO2. The van der Waals surface area contributed by atoms with Crippen LogP contribution in [0.2, 0.25) is 0 Å². The Morgan fingerprint density at radius 3 is 2.47 bits per heavy atom. The summed E-state index contributed by atoms with van der Waals surface area (Å²) >= 11 is 0. The lowest BCUT2D eigenvalue weighted by atomic mass is 9.47. The van der Waals surface area contributed by atoms with Gasteiger partial charge in [-0.1, -0.05) is 89.5 Å². The molecule has 3 heteroatoms. The topological polar surface area (TPSA) is 39.2 Å². The Balaban J connectivity index is 1.13. The Hall–Kier alpha value is -1.90. The van der Waals surface area contributed by atoms with Gasteiger partial charge in [-0.2, -0.15) is 0 Å². The molecule has 0 amide bonds. The second-order valence-electron chi connectivity index (χ2n) is 13.4. The van der Waals surface area contributed by atoms with Crippen LogP contribution in [0.3, 0.4) is 0 Å². The fourth-order valence-electron chi connectivity index (χ4n) is 8.91. The number of hydrogen-bond donors (Lipinski definition) is 0. The summed E-state index contributed by atoms with van der Waals surface area (Å²) in [5, 5.41) is 0. The molecule has 6 atom stereocenters. The fourth-order valence-corrected chi connectivity index (χ4v) is 8.91. The third kappa shape index (κ3) is 5.54. The van der Waals surface area contributed by atoms with Crippen molar-refractivity contribution in [2.45, 2.75) is 130 Å². The van der Waals surface area contributed by atoms with E-state index >= 15 is 0 Å². The van der Waals surface area contributed by atoms with Gasteiger partial charge in [0.1, 0.15) is 6.10 Å². The number of aromatic nitrogens is 1. The van der Waals surface area contributed by atoms with Crippen molar-refractivity contribution in [3.8, 4) is 0 Å². The molecule has 0 radical (unpaired) electrons. The molecule has 5 rings (SSSR count). The normalized spacial score (nSPS) is 34.0. The van der Waals surface area contributed by atoms with E-state index in [4.69, 9.17) is 4.74 Å². The van der Waals surface area contributed by atoms with Crippen molar-refractivity contribution in [1.82, 2.24) is 4.98 Å². The number of carbonyl (C=O) groups excluding carboxylic acids is 1. The molecule has 208 valence electrons. The Labute approximate surface area is 231 Å². The van der Waals surface area contributed by atoms with Crippen molar-refractivity contribution in [2.75, 3.05) is 0 Å². The molecule has 2 saturated carbocycles. The molecule has 0 aliphatic heterocycles. The highest BCUT2D eigenvalue weighted by molar-refractivity contribution is 5.72. The molecule has 0 saturated heterocycles. The zero-order valence-electron chi connectivity index (χ0n) is 24.4. The van der Waals surface area contributed by atoms with Crippen LogP contribution in [0.4, 0.5) is 0 Å². The average Bonchev–Trinajstić information content (AvgIpc) is 3.28. The monoisotopic (exact) mass is 517 g/mol. The van der Waals surface area contributed by atoms with Gasteiger partial charge in [0, 0.05) is 25.2 Å². The van der Waals surface area contributed by atoms with E-state index < -0.39 is 0 Å². The van der Waals surface area contributed by atoms with Crippen LogP contribution in [0.25, 0.3) is 5.57 Å². The lowest BCUT2D eigenvalue weighted by molar-refractivity contribution is -0.151. The van der Waals surface area contributed by atoms with Gasteiger partial charge in [0.15, 0.2) is 0 Å². The highest BCUT2D eigenvalue weighted by Crippen LogP contribution is 2.66. The molecule has 3 nitrogen and oxygen atoms in total. The number of ether oxygens (including phenoxy) is 1. The molecule has 1 aromatic heterocycles. The lowest BCUT2D eigenvalue weighted by Gasteiger charge is -2.57. The number of unbranched alkanes of at least 4 members (excludes halogenated alkanes) is 7. The number of fused-ring (bicyclic) bond motifs is 5. The first-order chi connectivity index (χ1) is 18.5. The Morgan fingerprint density at radius 1 is 0.947 bits per heavy atom. The van der Waals surface area contributed by atoms with Gasteiger partial charge < -0.3 is 4.74 Å². The summed E-state index contributed by atoms with van der Waals surface area (Å²) in [7, 11) is 0. The summed E-state index contributed by atoms with van der Waals surface area (Å²) in [5.41, 5.74) is 5.01. The molecule has 4 aliphatic carbocycles. The maximum absolute atomic E-state index is 12.6. The number of pyridine rings is 1. The maximum atomic E-state index is 12.6. The minimum absolute atomic E-state index is 0.0345. The molecule has 0 bridgehead atoms. The van der Waals surface area contributed by atoms with E-state index in [-0.39, 0.29) is 22.9 Å². The van der Waals surface area contributed by atoms with Crippen LogP contribution >= 0.6 is 0 Å². The van der Waals surface area contributed by atoms with Crippen LogP contribution in [0.1, 0.15) is 129 Å². The second kappa shape index (κ2) is 12.1. The van der Waals surface area contributed by atoms with Crippen molar-refractivity contribution < 1.29 is 9.53 Å². The molecule has 0 unspecified atom stereocenters. The number of allylic oxidation sites excluding steroid dienone is 3. The summed E-state index contributed by atoms with van der Waals surface area (Å²) in [6.45, 7) is 7.34. The first kappa shape index (κ1) is 27.7. The summed E-state index contributed by atoms with van der Waals surface area (Å²) in [6, 6.07) is 4.33. The smallest absolute Gasteiger partial charge is 0.306 e. The molecule has 0 N–H and O–H groups in total. The predicted octanol–water partition coefficient (Wildman–Crippen LogP) is 9.48. The Kier molecular flexibility index (Phi) is 8.80. The summed E-state index contributed by atoms with van der Waals surface area (Å²) in [6.07, 6.45) is 28.0. The van der Waals surface area contributed by atoms with Crippen LogP contribution in [-0.4, -0.2) is 17.1 Å². The van der Waals surface area contributed by atoms with Crippen molar-refractivity contribution >= 4 is 11.5 Å². The van der Waals surface area contributed by atoms with E-state index in [0.29, 0.717) is 6.42 Å². The maximum Gasteiger partial charge on any atom is 0.306 e. The number of rotatable bonds is 11. The highest BCUT2D eigenvalue weighted by atomic mass is 16.5. The largest absolute Gasteiger partial charge is 0.462 e. The van der Waals surface area contributed by atoms with Gasteiger partial charge in [0.05, 0.1) is 0 Å². The van der Waals surface area contributed by atoms with Crippen molar-refractivity contribution in [1.29, 1.82) is 0 Å². The minimum Gasteiger partial charge on any atom is -0.462 e. The SMILES string of the molecule is CCCCCCCCCCC(=O)O[C@H]1CC[C@@]2(C)C(=CC[C@@H]3[C@@H]2CC[C@]2(C)C(c4cccnc4)=CC[C@@H]32)C1. The minimum atomic E-state index is 0.0345. The standard InChI is InChI=1S/C35H51NO2/c1-4-5-6-7-8-9-10-11-14-33(37)38-28-19-21-34(2)27(24-28)15-16-29-31-18-17-30(26-13-12-23-36-25-26)35(31,3)22-20-32(29)34/h12-13,15,17,23,25,28-29,31-32H,4-11,14,16,18-22,24H2,1-3H3/t28-,29-,31-,32-,34-,35+/m0/s1. The quantitative estimate of drug-likeness (QED) is 0.167. The number of carbonyl (C=O) groups is 1. The van der Waals surface area contributed by atoms with Gasteiger partial charge in [-0.25, -0.2) is 0 Å². The lowest BCUT2D eigenvalue weighted by Crippen LogP contribution is -2.50. The summed E-state index contributed by atoms with van der Waals surface area (Å²) in [5.74, 6) is 2.28. The third-order valence-electron chi connectivity index (χ3n) is 11.1. The first-order valence-electron chi connectivity index (χ1n) is 16.0. The van der Waals surface area contributed by atoms with Crippen molar-refractivity contribution in [3.63, 3.8) is 0 Å². The van der Waals surface area contributed by atoms with E-state index in [9.17, 15) is 4.79 Å². The molecule has 38 heavy (non-hydrogen) atoms. The molecule has 0 aromatic carbocycles. The Bertz CT molecular complexity index is 1010. The van der Waals surface area contributed by atoms with E-state index in [1.165, 1.54) is 76.2 Å². The molecular weight excluding hydrogens is 466 g/mol. The van der Waals surface area contributed by atoms with Gasteiger partial charge >= 0.3 is 5.97 Å². The van der Waals surface area contributed by atoms with E-state index in [1.54, 1.807) is 11.1 Å². The summed E-state index contributed by atoms with van der Waals surface area (Å²) in [4.78, 5) is 17.0. The molecule has 1 heterocycles. The van der Waals surface area contributed by atoms with E-state index in [0.717, 1.165) is 43.4 Å². The molecule has 0 spiro atoms. The number of hydrogen-bond acceptors (Lipinski definition) is 3. The van der Waals surface area contributed by atoms with E-state index in [1.807, 2.05) is 6.20 Å². The van der Waals surface area contributed by atoms with Gasteiger partial charge in [-0.05, 0) is 90.7 Å².